The highest BCUT2D eigenvalue weighted by molar-refractivity contribution is 7.90. The van der Waals surface area contributed by atoms with Crippen LogP contribution in [0.1, 0.15) is 24.8 Å². The minimum Gasteiger partial charge on any atom is -0.368 e. The number of hydrogen-bond acceptors (Lipinski definition) is 4. The summed E-state index contributed by atoms with van der Waals surface area (Å²) < 4.78 is 77.9. The molecule has 1 unspecified atom stereocenters. The van der Waals surface area contributed by atoms with Gasteiger partial charge in [-0.1, -0.05) is 36.4 Å². The van der Waals surface area contributed by atoms with Crippen LogP contribution in [0.15, 0.2) is 42.5 Å². The molecule has 0 radical (unpaired) electrons. The van der Waals surface area contributed by atoms with Crippen molar-refractivity contribution in [2.75, 3.05) is 13.2 Å². The summed E-state index contributed by atoms with van der Waals surface area (Å²) in [5, 5.41) is -0.568. The number of carbonyl (C=O) groups is 1. The van der Waals surface area contributed by atoms with Crippen LogP contribution in [-0.4, -0.2) is 62.0 Å². The number of ether oxygens (including phenoxy) is 1. The number of halogens is 3. The van der Waals surface area contributed by atoms with Crippen LogP contribution in [0.2, 0.25) is 0 Å². The van der Waals surface area contributed by atoms with Gasteiger partial charge in [-0.15, -0.1) is 0 Å². The maximum absolute atomic E-state index is 15.5. The zero-order valence-electron chi connectivity index (χ0n) is 18.3. The normalized spacial score (nSPS) is 27.0. The van der Waals surface area contributed by atoms with E-state index in [1.54, 1.807) is 12.1 Å². The van der Waals surface area contributed by atoms with Crippen LogP contribution in [0.25, 0.3) is 11.1 Å². The first-order valence-corrected chi connectivity index (χ1v) is 12.9. The number of benzene rings is 2. The average molecular weight is 495 g/mol. The molecule has 1 aliphatic carbocycles. The van der Waals surface area contributed by atoms with E-state index in [1.165, 1.54) is 35.2 Å². The van der Waals surface area contributed by atoms with Gasteiger partial charge >= 0.3 is 0 Å². The van der Waals surface area contributed by atoms with Crippen molar-refractivity contribution in [2.24, 2.45) is 0 Å². The maximum Gasteiger partial charge on any atom is 0.252 e. The highest BCUT2D eigenvalue weighted by atomic mass is 32.2. The second-order valence-electron chi connectivity index (χ2n) is 9.07. The smallest absolute Gasteiger partial charge is 0.252 e. The molecule has 1 N–H and O–H groups in total. The molecule has 6 nitrogen and oxygen atoms in total. The van der Waals surface area contributed by atoms with Gasteiger partial charge < -0.3 is 9.64 Å². The molecule has 0 aromatic heterocycles. The van der Waals surface area contributed by atoms with Gasteiger partial charge in [-0.2, -0.15) is 0 Å². The van der Waals surface area contributed by atoms with Gasteiger partial charge in [0, 0.05) is 17.5 Å². The first-order chi connectivity index (χ1) is 16.3. The van der Waals surface area contributed by atoms with Crippen molar-refractivity contribution in [3.8, 4) is 11.1 Å². The standard InChI is InChI=1S/C24H25F3N2O4S/c25-18-7-2-1-5-16(18)17-6-3-4-14(22(17)27)12-20-23(28-34(31,32)15-8-9-15)19(26)13-29(20)24(30)21-10-11-33-21/h1-7,15,19-21,23,28H,8-13H2/t19-,20-,21?,23-/m0/s1. The lowest BCUT2D eigenvalue weighted by atomic mass is 9.95. The number of hydrogen-bond donors (Lipinski definition) is 1. The summed E-state index contributed by atoms with van der Waals surface area (Å²) in [5.41, 5.74) is 0.266. The summed E-state index contributed by atoms with van der Waals surface area (Å²) in [7, 11) is -3.76. The number of nitrogens with zero attached hydrogens (tertiary/aromatic N) is 1. The van der Waals surface area contributed by atoms with E-state index >= 15 is 8.78 Å². The number of sulfonamides is 1. The fraction of sp³-hybridized carbons (Fsp3) is 0.458. The second-order valence-corrected chi connectivity index (χ2v) is 11.1. The van der Waals surface area contributed by atoms with E-state index in [4.69, 9.17) is 4.74 Å². The van der Waals surface area contributed by atoms with Crippen molar-refractivity contribution in [2.45, 2.75) is 55.3 Å². The molecule has 2 aliphatic heterocycles. The first-order valence-electron chi connectivity index (χ1n) is 11.4. The van der Waals surface area contributed by atoms with Gasteiger partial charge in [0.1, 0.15) is 23.9 Å². The minimum absolute atomic E-state index is 0.0423. The molecule has 1 amide bonds. The molecule has 0 spiro atoms. The monoisotopic (exact) mass is 494 g/mol. The molecule has 2 saturated heterocycles. The molecule has 3 fully saturated rings. The molecule has 0 bridgehead atoms. The molecule has 4 atom stereocenters. The van der Waals surface area contributed by atoms with Crippen molar-refractivity contribution in [1.29, 1.82) is 0 Å². The van der Waals surface area contributed by atoms with E-state index in [2.05, 4.69) is 4.72 Å². The third-order valence-corrected chi connectivity index (χ3v) is 8.72. The molecule has 1 saturated carbocycles. The number of rotatable bonds is 7. The highest BCUT2D eigenvalue weighted by Crippen LogP contribution is 2.34. The Morgan fingerprint density at radius 3 is 2.41 bits per heavy atom. The van der Waals surface area contributed by atoms with Crippen LogP contribution >= 0.6 is 0 Å². The molecule has 5 rings (SSSR count). The van der Waals surface area contributed by atoms with Gasteiger partial charge in [-0.3, -0.25) is 4.79 Å². The third-order valence-electron chi connectivity index (χ3n) is 6.77. The summed E-state index contributed by atoms with van der Waals surface area (Å²) in [5.74, 6) is -1.71. The SMILES string of the molecule is O=C(C1CCO1)N1C[C@H](F)[C@H](NS(=O)(=O)C2CC2)[C@@H]1Cc1cccc(-c2ccccc2F)c1F. The molecule has 2 heterocycles. The lowest BCUT2D eigenvalue weighted by molar-refractivity contribution is -0.157. The van der Waals surface area contributed by atoms with Gasteiger partial charge in [0.15, 0.2) is 0 Å². The lowest BCUT2D eigenvalue weighted by Gasteiger charge is -2.34. The summed E-state index contributed by atoms with van der Waals surface area (Å²) in [4.78, 5) is 14.2. The summed E-state index contributed by atoms with van der Waals surface area (Å²) >= 11 is 0. The molecule has 10 heteroatoms. The molecule has 3 aliphatic rings. The van der Waals surface area contributed by atoms with Crippen LogP contribution in [0.5, 0.6) is 0 Å². The highest BCUT2D eigenvalue weighted by Gasteiger charge is 2.50. The Hall–Kier alpha value is -2.43. The first kappa shape index (κ1) is 23.3. The van der Waals surface area contributed by atoms with Crippen molar-refractivity contribution >= 4 is 15.9 Å². The number of amides is 1. The molecule has 182 valence electrons. The Bertz CT molecular complexity index is 1200. The number of nitrogens with one attached hydrogen (secondary N) is 1. The van der Waals surface area contributed by atoms with E-state index < -0.39 is 57.2 Å². The van der Waals surface area contributed by atoms with Crippen LogP contribution in [0, 0.1) is 11.6 Å². The zero-order valence-corrected chi connectivity index (χ0v) is 19.1. The van der Waals surface area contributed by atoms with Gasteiger partial charge in [-0.05, 0) is 30.9 Å². The molecule has 2 aromatic carbocycles. The van der Waals surface area contributed by atoms with Crippen LogP contribution < -0.4 is 4.72 Å². The van der Waals surface area contributed by atoms with Gasteiger partial charge in [0.05, 0.1) is 30.5 Å². The average Bonchev–Trinajstić information content (AvgIpc) is 3.57. The van der Waals surface area contributed by atoms with Gasteiger partial charge in [-0.25, -0.2) is 26.3 Å². The Morgan fingerprint density at radius 2 is 1.76 bits per heavy atom. The lowest BCUT2D eigenvalue weighted by Crippen LogP contribution is -2.53. The van der Waals surface area contributed by atoms with Crippen LogP contribution in [0.4, 0.5) is 13.2 Å². The van der Waals surface area contributed by atoms with Crippen molar-refractivity contribution < 1.29 is 31.1 Å². The number of likely N-dealkylation sites (tertiary alicyclic amines) is 1. The van der Waals surface area contributed by atoms with Crippen molar-refractivity contribution in [1.82, 2.24) is 9.62 Å². The van der Waals surface area contributed by atoms with E-state index in [0.717, 1.165) is 0 Å². The molecule has 2 aromatic rings. The molecule has 34 heavy (non-hydrogen) atoms. The number of alkyl halides is 1. The van der Waals surface area contributed by atoms with E-state index in [9.17, 15) is 17.6 Å². The Balaban J connectivity index is 1.48. The fourth-order valence-corrected chi connectivity index (χ4v) is 6.28. The van der Waals surface area contributed by atoms with Crippen LogP contribution in [0.3, 0.4) is 0 Å². The third kappa shape index (κ3) is 4.34. The predicted molar refractivity (Wildman–Crippen MR) is 119 cm³/mol. The maximum atomic E-state index is 15.5. The predicted octanol–water partition coefficient (Wildman–Crippen LogP) is 2.96. The fourth-order valence-electron chi connectivity index (χ4n) is 4.64. The molecular weight excluding hydrogens is 469 g/mol. The Morgan fingerprint density at radius 1 is 1.06 bits per heavy atom. The summed E-state index contributed by atoms with van der Waals surface area (Å²) in [6, 6.07) is 8.11. The molecular formula is C24H25F3N2O4S. The van der Waals surface area contributed by atoms with E-state index in [0.29, 0.717) is 25.9 Å². The van der Waals surface area contributed by atoms with Crippen molar-refractivity contribution in [3.63, 3.8) is 0 Å². The van der Waals surface area contributed by atoms with Crippen LogP contribution in [-0.2, 0) is 26.0 Å². The minimum atomic E-state index is -3.76. The van der Waals surface area contributed by atoms with E-state index in [1.807, 2.05) is 0 Å². The quantitative estimate of drug-likeness (QED) is 0.642. The summed E-state index contributed by atoms with van der Waals surface area (Å²) in [6.07, 6.45) is -0.994. The Kier molecular flexibility index (Phi) is 6.16. The second kappa shape index (κ2) is 8.98. The number of carbonyl (C=O) groups excluding carboxylic acids is 1. The largest absolute Gasteiger partial charge is 0.368 e. The zero-order chi connectivity index (χ0) is 24.0. The topological polar surface area (TPSA) is 75.7 Å². The Labute approximate surface area is 196 Å². The van der Waals surface area contributed by atoms with Crippen molar-refractivity contribution in [3.05, 3.63) is 59.7 Å². The van der Waals surface area contributed by atoms with E-state index in [-0.39, 0.29) is 29.7 Å². The summed E-state index contributed by atoms with van der Waals surface area (Å²) in [6.45, 7) is 0.112. The van der Waals surface area contributed by atoms with Gasteiger partial charge in [0.25, 0.3) is 5.91 Å². The van der Waals surface area contributed by atoms with Gasteiger partial charge in [0.2, 0.25) is 10.0 Å².